The van der Waals surface area contributed by atoms with Gasteiger partial charge in [-0.3, -0.25) is 24.6 Å². The molecule has 9 nitrogen and oxygen atoms in total. The summed E-state index contributed by atoms with van der Waals surface area (Å²) in [7, 11) is 0. The van der Waals surface area contributed by atoms with Gasteiger partial charge >= 0.3 is 0 Å². The molecule has 0 saturated carbocycles. The molecule has 1 saturated heterocycles. The van der Waals surface area contributed by atoms with E-state index in [4.69, 9.17) is 10.0 Å². The van der Waals surface area contributed by atoms with Crippen molar-refractivity contribution in [2.45, 2.75) is 29.5 Å². The van der Waals surface area contributed by atoms with Crippen LogP contribution in [0.4, 0.5) is 5.82 Å². The van der Waals surface area contributed by atoms with Gasteiger partial charge in [-0.15, -0.1) is 0 Å². The summed E-state index contributed by atoms with van der Waals surface area (Å²) in [5.41, 5.74) is 2.96. The van der Waals surface area contributed by atoms with Crippen LogP contribution in [0.1, 0.15) is 24.1 Å². The van der Waals surface area contributed by atoms with Crippen molar-refractivity contribution < 1.29 is 19.6 Å². The van der Waals surface area contributed by atoms with Gasteiger partial charge in [-0.05, 0) is 18.1 Å². The third-order valence-electron chi connectivity index (χ3n) is 4.20. The van der Waals surface area contributed by atoms with Gasteiger partial charge in [-0.2, -0.15) is 0 Å². The second-order valence-electron chi connectivity index (χ2n) is 6.28. The van der Waals surface area contributed by atoms with Crippen LogP contribution in [-0.2, 0) is 21.0 Å². The number of benzene rings is 1. The highest BCUT2D eigenvalue weighted by Gasteiger charge is 2.35. The van der Waals surface area contributed by atoms with Crippen LogP contribution in [0.25, 0.3) is 6.08 Å². The minimum atomic E-state index is -0.649. The van der Waals surface area contributed by atoms with Gasteiger partial charge in [0.2, 0.25) is 5.91 Å². The van der Waals surface area contributed by atoms with Crippen LogP contribution < -0.4 is 10.8 Å². The Balaban J connectivity index is 1.59. The number of piperidine rings is 1. The fraction of sp³-hybridized carbons (Fsp3) is 0.263. The smallest absolute Gasteiger partial charge is 0.267 e. The lowest BCUT2D eigenvalue weighted by Crippen LogP contribution is -2.50. The highest BCUT2D eigenvalue weighted by molar-refractivity contribution is 14.1. The summed E-state index contributed by atoms with van der Waals surface area (Å²) in [4.78, 5) is 37.6. The molecule has 10 heteroatoms. The Bertz CT molecular complexity index is 863. The molecule has 3 rings (SSSR count). The van der Waals surface area contributed by atoms with E-state index in [0.717, 1.165) is 11.6 Å². The van der Waals surface area contributed by atoms with Gasteiger partial charge in [0.25, 0.3) is 5.91 Å². The van der Waals surface area contributed by atoms with Crippen LogP contribution in [0.2, 0.25) is 0 Å². The first-order valence-electron chi connectivity index (χ1n) is 8.90. The number of anilines is 1. The highest BCUT2D eigenvalue weighted by atomic mass is 127. The molecule has 3 N–H and O–H groups in total. The molecule has 1 aromatic heterocycles. The van der Waals surface area contributed by atoms with Crippen molar-refractivity contribution in [3.63, 3.8) is 0 Å². The Morgan fingerprint density at radius 2 is 2.10 bits per heavy atom. The first kappa shape index (κ1) is 21.1. The summed E-state index contributed by atoms with van der Waals surface area (Å²) in [6.45, 7) is 0.320. The molecule has 2 atom stereocenters. The van der Waals surface area contributed by atoms with Crippen molar-refractivity contribution in [3.05, 3.63) is 60.1 Å². The number of nitrogens with one attached hydrogen (secondary N) is 2. The molecule has 1 unspecified atom stereocenters. The normalized spacial score (nSPS) is 19.4. The Morgan fingerprint density at radius 3 is 2.79 bits per heavy atom. The van der Waals surface area contributed by atoms with Gasteiger partial charge in [-0.25, -0.2) is 15.5 Å². The lowest BCUT2D eigenvalue weighted by Gasteiger charge is -2.37. The van der Waals surface area contributed by atoms with Crippen molar-refractivity contribution >= 4 is 46.3 Å². The van der Waals surface area contributed by atoms with E-state index in [9.17, 15) is 9.59 Å². The molecule has 0 spiro atoms. The average molecular weight is 509 g/mol. The van der Waals surface area contributed by atoms with E-state index in [2.05, 4.69) is 37.9 Å². The second-order valence-corrected chi connectivity index (χ2v) is 7.55. The number of hydrogen-bond donors (Lipinski definition) is 3. The monoisotopic (exact) mass is 509 g/mol. The molecule has 1 aromatic carbocycles. The van der Waals surface area contributed by atoms with E-state index >= 15 is 0 Å². The standard InChI is InChI=1S/C19H20IN5O4/c20-19-15(23-16-11-21-14(10-22-16)6-8-17(26)24-28)7-9-18(27)25(19)29-12-13-4-2-1-3-5-13/h1-6,8,10-11,15,19,28H,7,9,12H2,(H,22,23)(H,24,26)/t15-,19?/m1/s1. The number of hydroxylamine groups is 3. The van der Waals surface area contributed by atoms with E-state index in [1.165, 1.54) is 22.8 Å². The summed E-state index contributed by atoms with van der Waals surface area (Å²) in [5, 5.41) is 13.2. The summed E-state index contributed by atoms with van der Waals surface area (Å²) < 4.78 is -0.216. The molecule has 2 amide bonds. The van der Waals surface area contributed by atoms with Crippen LogP contribution in [0.15, 0.2) is 48.8 Å². The minimum absolute atomic E-state index is 0.0490. The number of hydrogen-bond acceptors (Lipinski definition) is 7. The zero-order chi connectivity index (χ0) is 20.6. The van der Waals surface area contributed by atoms with Gasteiger partial charge in [0.05, 0.1) is 24.1 Å². The maximum atomic E-state index is 12.3. The average Bonchev–Trinajstić information content (AvgIpc) is 2.75. The zero-order valence-electron chi connectivity index (χ0n) is 15.4. The van der Waals surface area contributed by atoms with Crippen molar-refractivity contribution in [1.29, 1.82) is 0 Å². The van der Waals surface area contributed by atoms with Crippen LogP contribution in [0.3, 0.4) is 0 Å². The van der Waals surface area contributed by atoms with Crippen molar-refractivity contribution in [2.24, 2.45) is 0 Å². The van der Waals surface area contributed by atoms with Crippen molar-refractivity contribution in [2.75, 3.05) is 5.32 Å². The number of carbonyl (C=O) groups excluding carboxylic acids is 2. The van der Waals surface area contributed by atoms with Gasteiger partial charge in [0, 0.05) is 12.5 Å². The Labute approximate surface area is 181 Å². The van der Waals surface area contributed by atoms with E-state index in [0.29, 0.717) is 31.0 Å². The van der Waals surface area contributed by atoms with E-state index in [1.54, 1.807) is 6.20 Å². The minimum Gasteiger partial charge on any atom is -0.363 e. The quantitative estimate of drug-likeness (QED) is 0.131. The molecule has 0 bridgehead atoms. The van der Waals surface area contributed by atoms with Crippen LogP contribution in [0.5, 0.6) is 0 Å². The molecule has 152 valence electrons. The predicted molar refractivity (Wildman–Crippen MR) is 114 cm³/mol. The maximum Gasteiger partial charge on any atom is 0.267 e. The number of carbonyl (C=O) groups is 2. The summed E-state index contributed by atoms with van der Waals surface area (Å²) in [6, 6.07) is 9.62. The SMILES string of the molecule is O=C(C=Cc1cnc(N[C@@H]2CCC(=O)N(OCc3ccccc3)C2I)cn1)NO. The van der Waals surface area contributed by atoms with Gasteiger partial charge < -0.3 is 5.32 Å². The maximum absolute atomic E-state index is 12.3. The van der Waals surface area contributed by atoms with Gasteiger partial charge in [-0.1, -0.05) is 52.9 Å². The Kier molecular flexibility index (Phi) is 7.49. The van der Waals surface area contributed by atoms with E-state index in [-0.39, 0.29) is 16.0 Å². The van der Waals surface area contributed by atoms with Gasteiger partial charge in [0.15, 0.2) is 0 Å². The molecular weight excluding hydrogens is 489 g/mol. The summed E-state index contributed by atoms with van der Waals surface area (Å²) >= 11 is 2.19. The molecule has 29 heavy (non-hydrogen) atoms. The molecule has 0 radical (unpaired) electrons. The summed E-state index contributed by atoms with van der Waals surface area (Å²) in [5.74, 6) is -0.144. The molecule has 1 aliphatic heterocycles. The van der Waals surface area contributed by atoms with Crippen molar-refractivity contribution in [3.8, 4) is 0 Å². The number of amides is 2. The third kappa shape index (κ3) is 5.95. The first-order valence-corrected chi connectivity index (χ1v) is 10.1. The lowest BCUT2D eigenvalue weighted by atomic mass is 10.1. The third-order valence-corrected chi connectivity index (χ3v) is 5.58. The molecule has 2 aromatic rings. The molecule has 0 aliphatic carbocycles. The van der Waals surface area contributed by atoms with Crippen molar-refractivity contribution in [1.82, 2.24) is 20.5 Å². The second kappa shape index (κ2) is 10.3. The topological polar surface area (TPSA) is 117 Å². The number of aromatic nitrogens is 2. The Morgan fingerprint density at radius 1 is 1.31 bits per heavy atom. The van der Waals surface area contributed by atoms with Gasteiger partial charge in [0.1, 0.15) is 16.5 Å². The number of nitrogens with zero attached hydrogens (tertiary/aromatic N) is 3. The fourth-order valence-electron chi connectivity index (χ4n) is 2.72. The lowest BCUT2D eigenvalue weighted by molar-refractivity contribution is -0.200. The Hall–Kier alpha value is -2.57. The van der Waals surface area contributed by atoms with Crippen LogP contribution >= 0.6 is 22.6 Å². The molecular formula is C19H20IN5O4. The number of rotatable bonds is 7. The van der Waals surface area contributed by atoms with E-state index < -0.39 is 5.91 Å². The van der Waals surface area contributed by atoms with Crippen LogP contribution in [0, 0.1) is 0 Å². The van der Waals surface area contributed by atoms with Crippen LogP contribution in [-0.4, -0.2) is 42.1 Å². The zero-order valence-corrected chi connectivity index (χ0v) is 17.5. The molecule has 1 fully saturated rings. The number of alkyl halides is 1. The molecule has 1 aliphatic rings. The first-order chi connectivity index (χ1) is 14.1. The number of halogens is 1. The molecule has 2 heterocycles. The predicted octanol–water partition coefficient (Wildman–Crippen LogP) is 2.29. The fourth-order valence-corrected chi connectivity index (χ4v) is 3.73. The summed E-state index contributed by atoms with van der Waals surface area (Å²) in [6.07, 6.45) is 6.65. The van der Waals surface area contributed by atoms with E-state index in [1.807, 2.05) is 30.3 Å². The largest absolute Gasteiger partial charge is 0.363 e. The highest BCUT2D eigenvalue weighted by Crippen LogP contribution is 2.27.